The Morgan fingerprint density at radius 2 is 1.69 bits per heavy atom. The quantitative estimate of drug-likeness (QED) is 0.263. The molecule has 3 heterocycles. The maximum Gasteiger partial charge on any atom is 0.135 e. The minimum Gasteiger partial charge on any atom is -0.364 e. The number of pyridine rings is 1. The van der Waals surface area contributed by atoms with Gasteiger partial charge in [0.25, 0.3) is 0 Å². The van der Waals surface area contributed by atoms with Gasteiger partial charge in [-0.1, -0.05) is 69.3 Å². The molecule has 1 N–H and O–H groups in total. The summed E-state index contributed by atoms with van der Waals surface area (Å²) in [7, 11) is 0. The third-order valence-electron chi connectivity index (χ3n) is 7.98. The van der Waals surface area contributed by atoms with Crippen LogP contribution in [0, 0.1) is 5.92 Å². The maximum atomic E-state index is 5.20. The van der Waals surface area contributed by atoms with Gasteiger partial charge in [-0.2, -0.15) is 4.37 Å². The highest BCUT2D eigenvalue weighted by Gasteiger charge is 2.47. The van der Waals surface area contributed by atoms with Gasteiger partial charge in [0.1, 0.15) is 5.82 Å². The molecule has 0 fully saturated rings. The smallest absolute Gasteiger partial charge is 0.135 e. The van der Waals surface area contributed by atoms with Crippen LogP contribution in [0.25, 0.3) is 44.1 Å². The lowest BCUT2D eigenvalue weighted by Gasteiger charge is -2.50. The summed E-state index contributed by atoms with van der Waals surface area (Å²) in [6.45, 7) is 11.7. The van der Waals surface area contributed by atoms with Crippen molar-refractivity contribution in [1.82, 2.24) is 9.36 Å². The first kappa shape index (κ1) is 22.2. The monoisotopic (exact) mass is 477 g/mol. The van der Waals surface area contributed by atoms with Crippen molar-refractivity contribution in [3.63, 3.8) is 0 Å². The zero-order valence-corrected chi connectivity index (χ0v) is 21.8. The molecule has 35 heavy (non-hydrogen) atoms. The second-order valence-corrected chi connectivity index (χ2v) is 11.7. The van der Waals surface area contributed by atoms with E-state index in [-0.39, 0.29) is 11.0 Å². The van der Waals surface area contributed by atoms with Crippen molar-refractivity contribution < 1.29 is 0 Å². The Balaban J connectivity index is 1.75. The largest absolute Gasteiger partial charge is 0.364 e. The predicted octanol–water partition coefficient (Wildman–Crippen LogP) is 8.69. The molecule has 0 bridgehead atoms. The van der Waals surface area contributed by atoms with E-state index in [4.69, 9.17) is 9.36 Å². The van der Waals surface area contributed by atoms with E-state index in [1.807, 2.05) is 0 Å². The summed E-state index contributed by atoms with van der Waals surface area (Å²) in [6.07, 6.45) is 1.10. The molecule has 0 spiro atoms. The number of benzene rings is 3. The number of nitrogens with zero attached hydrogens (tertiary/aromatic N) is 2. The normalized spacial score (nSPS) is 18.8. The first-order chi connectivity index (χ1) is 16.8. The van der Waals surface area contributed by atoms with E-state index in [1.165, 1.54) is 49.9 Å². The fourth-order valence-electron chi connectivity index (χ4n) is 6.02. The molecule has 1 aliphatic heterocycles. The Bertz CT molecular complexity index is 1550. The van der Waals surface area contributed by atoms with Crippen LogP contribution in [-0.4, -0.2) is 14.9 Å². The number of hydrogen-bond donors (Lipinski definition) is 1. The van der Waals surface area contributed by atoms with Crippen LogP contribution < -0.4 is 5.32 Å². The van der Waals surface area contributed by atoms with Gasteiger partial charge in [0.15, 0.2) is 0 Å². The minimum atomic E-state index is -0.135. The molecule has 4 heteroatoms. The molecular weight excluding hydrogens is 446 g/mol. The van der Waals surface area contributed by atoms with Gasteiger partial charge in [-0.3, -0.25) is 0 Å². The average molecular weight is 478 g/mol. The highest BCUT2D eigenvalue weighted by atomic mass is 32.1. The highest BCUT2D eigenvalue weighted by molar-refractivity contribution is 7.03. The standard InChI is InChI=1S/C31H31N3S/c1-19(2)18-31(5)24-13-12-22(26-15-16-35-34-26)27-23-17-21(20-9-7-6-8-10-20)11-14-25(23)32-29(28(24)27)33-30(31,3)4/h6-17,19H,18H2,1-5H3,(H,32,33). The summed E-state index contributed by atoms with van der Waals surface area (Å²) in [4.78, 5) is 5.20. The second-order valence-electron chi connectivity index (χ2n) is 11.0. The summed E-state index contributed by atoms with van der Waals surface area (Å²) in [5.74, 6) is 1.56. The van der Waals surface area contributed by atoms with Crippen molar-refractivity contribution in [3.8, 4) is 22.4 Å². The molecule has 0 aliphatic carbocycles. The van der Waals surface area contributed by atoms with Crippen molar-refractivity contribution in [3.05, 3.63) is 77.7 Å². The lowest BCUT2D eigenvalue weighted by Crippen LogP contribution is -2.54. The van der Waals surface area contributed by atoms with E-state index in [9.17, 15) is 0 Å². The SMILES string of the molecule is CC(C)CC1(C)c2ccc(-c3ccsn3)c3c2c(nc2ccc(-c4ccccc4)cc23)NC1(C)C. The van der Waals surface area contributed by atoms with Crippen LogP contribution in [-0.2, 0) is 5.41 Å². The van der Waals surface area contributed by atoms with Crippen LogP contribution in [0.2, 0.25) is 0 Å². The summed E-state index contributed by atoms with van der Waals surface area (Å²) in [5.41, 5.74) is 6.85. The van der Waals surface area contributed by atoms with Gasteiger partial charge >= 0.3 is 0 Å². The van der Waals surface area contributed by atoms with Gasteiger partial charge in [0.05, 0.1) is 11.2 Å². The zero-order chi connectivity index (χ0) is 24.4. The van der Waals surface area contributed by atoms with E-state index >= 15 is 0 Å². The number of nitrogens with one attached hydrogen (secondary N) is 1. The van der Waals surface area contributed by atoms with Crippen LogP contribution in [0.5, 0.6) is 0 Å². The van der Waals surface area contributed by atoms with E-state index in [0.29, 0.717) is 5.92 Å². The molecule has 3 nitrogen and oxygen atoms in total. The van der Waals surface area contributed by atoms with Crippen molar-refractivity contribution in [2.24, 2.45) is 5.92 Å². The lowest BCUT2D eigenvalue weighted by atomic mass is 9.61. The lowest BCUT2D eigenvalue weighted by molar-refractivity contribution is 0.251. The number of hydrogen-bond acceptors (Lipinski definition) is 4. The van der Waals surface area contributed by atoms with Crippen LogP contribution >= 0.6 is 11.5 Å². The molecule has 2 aromatic heterocycles. The van der Waals surface area contributed by atoms with Crippen molar-refractivity contribution in [1.29, 1.82) is 0 Å². The fraction of sp³-hybridized carbons (Fsp3) is 0.290. The van der Waals surface area contributed by atoms with Crippen LogP contribution in [0.3, 0.4) is 0 Å². The molecular formula is C31H31N3S. The fourth-order valence-corrected chi connectivity index (χ4v) is 6.54. The third kappa shape index (κ3) is 3.38. The molecule has 5 aromatic rings. The molecule has 0 saturated carbocycles. The molecule has 176 valence electrons. The molecule has 0 amide bonds. The van der Waals surface area contributed by atoms with Gasteiger partial charge in [-0.25, -0.2) is 4.98 Å². The first-order valence-corrected chi connectivity index (χ1v) is 13.3. The maximum absolute atomic E-state index is 5.20. The summed E-state index contributed by atoms with van der Waals surface area (Å²) in [6, 6.07) is 24.0. The molecule has 0 saturated heterocycles. The molecule has 1 atom stereocenters. The predicted molar refractivity (Wildman–Crippen MR) is 150 cm³/mol. The Labute approximate surface area is 211 Å². The van der Waals surface area contributed by atoms with E-state index < -0.39 is 0 Å². The Morgan fingerprint density at radius 3 is 2.40 bits per heavy atom. The summed E-state index contributed by atoms with van der Waals surface area (Å²) >= 11 is 1.50. The topological polar surface area (TPSA) is 37.8 Å². The van der Waals surface area contributed by atoms with Crippen molar-refractivity contribution in [2.75, 3.05) is 5.32 Å². The number of aromatic nitrogens is 2. The zero-order valence-electron chi connectivity index (χ0n) is 21.0. The number of rotatable bonds is 4. The van der Waals surface area contributed by atoms with Gasteiger partial charge in [-0.15, -0.1) is 0 Å². The third-order valence-corrected chi connectivity index (χ3v) is 8.54. The molecule has 3 aromatic carbocycles. The van der Waals surface area contributed by atoms with Gasteiger partial charge in [0.2, 0.25) is 0 Å². The van der Waals surface area contributed by atoms with Crippen LogP contribution in [0.15, 0.2) is 72.1 Å². The van der Waals surface area contributed by atoms with E-state index in [1.54, 1.807) is 0 Å². The molecule has 1 aliphatic rings. The van der Waals surface area contributed by atoms with Crippen molar-refractivity contribution >= 4 is 39.0 Å². The van der Waals surface area contributed by atoms with Gasteiger partial charge < -0.3 is 5.32 Å². The minimum absolute atomic E-state index is 0.0422. The van der Waals surface area contributed by atoms with Crippen LogP contribution in [0.4, 0.5) is 5.82 Å². The average Bonchev–Trinajstić information content (AvgIpc) is 3.37. The van der Waals surface area contributed by atoms with Gasteiger partial charge in [0, 0.05) is 38.1 Å². The van der Waals surface area contributed by atoms with E-state index in [0.717, 1.165) is 23.4 Å². The summed E-state index contributed by atoms with van der Waals surface area (Å²) in [5, 5.41) is 9.62. The van der Waals surface area contributed by atoms with Crippen molar-refractivity contribution in [2.45, 2.75) is 52.0 Å². The summed E-state index contributed by atoms with van der Waals surface area (Å²) < 4.78 is 4.74. The Hall–Kier alpha value is -3.24. The Kier molecular flexibility index (Phi) is 5.01. The van der Waals surface area contributed by atoms with Crippen LogP contribution in [0.1, 0.15) is 46.6 Å². The molecule has 0 radical (unpaired) electrons. The highest BCUT2D eigenvalue weighted by Crippen LogP contribution is 2.52. The number of fused-ring (bicyclic) bond motifs is 2. The Morgan fingerprint density at radius 1 is 0.886 bits per heavy atom. The van der Waals surface area contributed by atoms with E-state index in [2.05, 4.69) is 112 Å². The van der Waals surface area contributed by atoms with Gasteiger partial charge in [-0.05, 0) is 72.6 Å². The first-order valence-electron chi connectivity index (χ1n) is 12.4. The molecule has 1 unspecified atom stereocenters. The molecule has 6 rings (SSSR count). The number of anilines is 1. The second kappa shape index (κ2) is 7.89.